The van der Waals surface area contributed by atoms with E-state index in [4.69, 9.17) is 15.4 Å². The number of carbonyl (C=O) groups excluding carboxylic acids is 3. The number of hydrogen-bond donors (Lipinski definition) is 6. The largest absolute Gasteiger partial charge is 0.481 e. The number of primary sulfonamides is 1. The quantitative estimate of drug-likeness (QED) is 0.225. The van der Waals surface area contributed by atoms with Crippen molar-refractivity contribution in [1.29, 1.82) is 0 Å². The topological polar surface area (TPSA) is 222 Å². The van der Waals surface area contributed by atoms with Crippen LogP contribution < -0.4 is 21.1 Å². The van der Waals surface area contributed by atoms with Gasteiger partial charge in [-0.25, -0.2) is 18.4 Å². The molecule has 0 fully saturated rings. The molecular formula is C15H18N4O9S. The first-order valence-corrected chi connectivity index (χ1v) is 9.36. The van der Waals surface area contributed by atoms with Gasteiger partial charge in [-0.1, -0.05) is 0 Å². The fourth-order valence-electron chi connectivity index (χ4n) is 1.92. The molecule has 0 saturated heterocycles. The third kappa shape index (κ3) is 8.35. The minimum absolute atomic E-state index is 0.0564. The van der Waals surface area contributed by atoms with Crippen LogP contribution in [0.25, 0.3) is 0 Å². The number of benzene rings is 1. The van der Waals surface area contributed by atoms with Crippen molar-refractivity contribution in [3.05, 3.63) is 29.8 Å². The van der Waals surface area contributed by atoms with Gasteiger partial charge >= 0.3 is 11.9 Å². The molecule has 0 radical (unpaired) electrons. The number of nitrogens with one attached hydrogen (secondary N) is 3. The predicted molar refractivity (Wildman–Crippen MR) is 95.0 cm³/mol. The van der Waals surface area contributed by atoms with Crippen molar-refractivity contribution in [3.8, 4) is 0 Å². The summed E-state index contributed by atoms with van der Waals surface area (Å²) in [4.78, 5) is 56.3. The summed E-state index contributed by atoms with van der Waals surface area (Å²) >= 11 is 0. The lowest BCUT2D eigenvalue weighted by Crippen LogP contribution is -2.47. The Hall–Kier alpha value is -3.52. The van der Waals surface area contributed by atoms with Crippen LogP contribution >= 0.6 is 0 Å². The van der Waals surface area contributed by atoms with E-state index in [1.165, 1.54) is 12.1 Å². The molecule has 7 N–H and O–H groups in total. The van der Waals surface area contributed by atoms with E-state index in [1.807, 2.05) is 5.32 Å². The standard InChI is InChI=1S/C15H18N4O9S/c16-29(27,28)9-3-1-8(2-4-9)14(24)18-6-11(20)17-7-12(21)19-10(15(25)26)5-13(22)23/h1-4,10H,5-7H2,(H,17,20)(H,18,24)(H,19,21)(H,22,23)(H,25,26)(H2,16,27,28). The summed E-state index contributed by atoms with van der Waals surface area (Å²) in [5, 5.41) is 28.6. The highest BCUT2D eigenvalue weighted by Crippen LogP contribution is 2.08. The number of carboxylic acid groups (broad SMARTS) is 2. The molecule has 0 aromatic heterocycles. The summed E-state index contributed by atoms with van der Waals surface area (Å²) in [6.07, 6.45) is -0.838. The Kier molecular flexibility index (Phi) is 8.22. The molecular weight excluding hydrogens is 412 g/mol. The van der Waals surface area contributed by atoms with Gasteiger partial charge in [-0.2, -0.15) is 0 Å². The molecule has 0 aliphatic heterocycles. The monoisotopic (exact) mass is 430 g/mol. The van der Waals surface area contributed by atoms with Crippen molar-refractivity contribution < 1.29 is 42.6 Å². The summed E-state index contributed by atoms with van der Waals surface area (Å²) in [6, 6.07) is 2.95. The Morgan fingerprint density at radius 1 is 0.931 bits per heavy atom. The molecule has 0 bridgehead atoms. The van der Waals surface area contributed by atoms with Gasteiger partial charge in [0.1, 0.15) is 6.04 Å². The first-order chi connectivity index (χ1) is 13.4. The summed E-state index contributed by atoms with van der Waals surface area (Å²) in [5.74, 6) is -5.39. The van der Waals surface area contributed by atoms with Gasteiger partial charge in [-0.15, -0.1) is 0 Å². The molecule has 1 rings (SSSR count). The molecule has 0 aliphatic carbocycles. The minimum Gasteiger partial charge on any atom is -0.481 e. The van der Waals surface area contributed by atoms with E-state index < -0.39 is 65.2 Å². The van der Waals surface area contributed by atoms with Crippen LogP contribution in [0.2, 0.25) is 0 Å². The molecule has 0 aliphatic rings. The zero-order chi connectivity index (χ0) is 22.2. The zero-order valence-corrected chi connectivity index (χ0v) is 15.6. The second-order valence-corrected chi connectivity index (χ2v) is 7.15. The van der Waals surface area contributed by atoms with E-state index in [-0.39, 0.29) is 10.5 Å². The van der Waals surface area contributed by atoms with Crippen molar-refractivity contribution >= 4 is 39.7 Å². The van der Waals surface area contributed by atoms with Crippen molar-refractivity contribution in [2.24, 2.45) is 5.14 Å². The molecule has 14 heteroatoms. The van der Waals surface area contributed by atoms with E-state index in [0.29, 0.717) is 0 Å². The van der Waals surface area contributed by atoms with Crippen LogP contribution in [-0.2, 0) is 29.2 Å². The maximum Gasteiger partial charge on any atom is 0.326 e. The van der Waals surface area contributed by atoms with Crippen molar-refractivity contribution in [2.45, 2.75) is 17.4 Å². The lowest BCUT2D eigenvalue weighted by atomic mass is 10.2. The lowest BCUT2D eigenvalue weighted by Gasteiger charge is -2.13. The molecule has 29 heavy (non-hydrogen) atoms. The molecule has 1 unspecified atom stereocenters. The number of carbonyl (C=O) groups is 5. The molecule has 1 atom stereocenters. The Balaban J connectivity index is 2.46. The van der Waals surface area contributed by atoms with Gasteiger partial charge in [0.15, 0.2) is 0 Å². The van der Waals surface area contributed by atoms with Crippen LogP contribution in [-0.4, -0.2) is 67.4 Å². The van der Waals surface area contributed by atoms with Gasteiger partial charge < -0.3 is 26.2 Å². The van der Waals surface area contributed by atoms with Gasteiger partial charge in [0, 0.05) is 5.56 Å². The molecule has 13 nitrogen and oxygen atoms in total. The van der Waals surface area contributed by atoms with E-state index in [1.54, 1.807) is 0 Å². The van der Waals surface area contributed by atoms with E-state index in [0.717, 1.165) is 12.1 Å². The Labute approximate surface area is 164 Å². The van der Waals surface area contributed by atoms with Crippen molar-refractivity contribution in [3.63, 3.8) is 0 Å². The highest BCUT2D eigenvalue weighted by Gasteiger charge is 2.23. The van der Waals surface area contributed by atoms with Crippen LogP contribution in [0.4, 0.5) is 0 Å². The van der Waals surface area contributed by atoms with Gasteiger partial charge in [-0.05, 0) is 24.3 Å². The fraction of sp³-hybridized carbons (Fsp3) is 0.267. The number of amides is 3. The summed E-state index contributed by atoms with van der Waals surface area (Å²) in [6.45, 7) is -1.16. The van der Waals surface area contributed by atoms with Gasteiger partial charge in [0.25, 0.3) is 5.91 Å². The highest BCUT2D eigenvalue weighted by atomic mass is 32.2. The van der Waals surface area contributed by atoms with Crippen LogP contribution in [0.5, 0.6) is 0 Å². The van der Waals surface area contributed by atoms with Crippen molar-refractivity contribution in [1.82, 2.24) is 16.0 Å². The molecule has 0 spiro atoms. The van der Waals surface area contributed by atoms with Crippen LogP contribution in [0, 0.1) is 0 Å². The minimum atomic E-state index is -3.91. The maximum absolute atomic E-state index is 11.9. The molecule has 1 aromatic carbocycles. The first kappa shape index (κ1) is 23.5. The number of carboxylic acids is 2. The van der Waals surface area contributed by atoms with Gasteiger partial charge in [0.2, 0.25) is 21.8 Å². The predicted octanol–water partition coefficient (Wildman–Crippen LogP) is -2.78. The Bertz CT molecular complexity index is 912. The van der Waals surface area contributed by atoms with E-state index in [2.05, 4.69) is 10.6 Å². The molecule has 0 heterocycles. The summed E-state index contributed by atoms with van der Waals surface area (Å²) < 4.78 is 22.3. The maximum atomic E-state index is 11.9. The summed E-state index contributed by atoms with van der Waals surface area (Å²) in [5.41, 5.74) is 0.0564. The first-order valence-electron chi connectivity index (χ1n) is 7.82. The van der Waals surface area contributed by atoms with E-state index in [9.17, 15) is 32.4 Å². The molecule has 158 valence electrons. The molecule has 3 amide bonds. The Morgan fingerprint density at radius 3 is 1.97 bits per heavy atom. The fourth-order valence-corrected chi connectivity index (χ4v) is 2.44. The van der Waals surface area contributed by atoms with Crippen LogP contribution in [0.3, 0.4) is 0 Å². The van der Waals surface area contributed by atoms with Gasteiger partial charge in [-0.3, -0.25) is 19.2 Å². The van der Waals surface area contributed by atoms with E-state index >= 15 is 0 Å². The number of sulfonamides is 1. The highest BCUT2D eigenvalue weighted by molar-refractivity contribution is 7.89. The SMILES string of the molecule is NS(=O)(=O)c1ccc(C(=O)NCC(=O)NCC(=O)NC(CC(=O)O)C(=O)O)cc1. The second-order valence-electron chi connectivity index (χ2n) is 5.58. The lowest BCUT2D eigenvalue weighted by molar-refractivity contribution is -0.147. The Morgan fingerprint density at radius 2 is 1.48 bits per heavy atom. The number of nitrogens with two attached hydrogens (primary N) is 1. The third-order valence-corrected chi connectivity index (χ3v) is 4.24. The molecule has 1 aromatic rings. The normalized spacial score (nSPS) is 11.8. The number of aliphatic carboxylic acids is 2. The van der Waals surface area contributed by atoms with Crippen LogP contribution in [0.15, 0.2) is 29.2 Å². The van der Waals surface area contributed by atoms with Gasteiger partial charge in [0.05, 0.1) is 24.4 Å². The number of rotatable bonds is 10. The zero-order valence-electron chi connectivity index (χ0n) is 14.7. The molecule has 0 saturated carbocycles. The third-order valence-electron chi connectivity index (χ3n) is 3.31. The van der Waals surface area contributed by atoms with Crippen LogP contribution in [0.1, 0.15) is 16.8 Å². The smallest absolute Gasteiger partial charge is 0.326 e. The average molecular weight is 430 g/mol. The van der Waals surface area contributed by atoms with Crippen molar-refractivity contribution in [2.75, 3.05) is 13.1 Å². The average Bonchev–Trinajstić information content (AvgIpc) is 2.62. The second kappa shape index (κ2) is 10.1. The number of hydrogen-bond acceptors (Lipinski definition) is 7. The summed E-state index contributed by atoms with van der Waals surface area (Å²) in [7, 11) is -3.91.